The molecule has 0 radical (unpaired) electrons. The maximum absolute atomic E-state index is 15.7. The molecule has 26 heteroatoms. The molecule has 4 spiro atoms. The molecule has 0 unspecified atom stereocenters. The van der Waals surface area contributed by atoms with E-state index >= 15 is 14.4 Å². The zero-order valence-corrected chi connectivity index (χ0v) is 71.7. The van der Waals surface area contributed by atoms with E-state index in [1.54, 1.807) is 37.8 Å². The van der Waals surface area contributed by atoms with Gasteiger partial charge in [0.1, 0.15) is 5.60 Å². The molecule has 0 aromatic rings. The lowest BCUT2D eigenvalue weighted by atomic mass is 9.65. The van der Waals surface area contributed by atoms with E-state index in [1.165, 1.54) is 8.61 Å². The van der Waals surface area contributed by atoms with Gasteiger partial charge in [0.25, 0.3) is 0 Å². The van der Waals surface area contributed by atoms with E-state index in [-0.39, 0.29) is 110 Å². The van der Waals surface area contributed by atoms with E-state index in [0.29, 0.717) is 117 Å². The number of nitrogens with one attached hydrogen (secondary N) is 3. The van der Waals surface area contributed by atoms with Crippen LogP contribution >= 0.6 is 0 Å². The van der Waals surface area contributed by atoms with Gasteiger partial charge < -0.3 is 35.1 Å². The van der Waals surface area contributed by atoms with Crippen molar-refractivity contribution in [1.29, 1.82) is 0 Å². The van der Waals surface area contributed by atoms with Crippen LogP contribution in [0.5, 0.6) is 0 Å². The Morgan fingerprint density at radius 3 is 1.17 bits per heavy atom. The van der Waals surface area contributed by atoms with Crippen molar-refractivity contribution in [2.24, 2.45) is 94.4 Å². The summed E-state index contributed by atoms with van der Waals surface area (Å²) in [5.41, 5.74) is 0.895. The SMILES string of the molecule is C=C[C@@H]1C[C@]1(CC(=O)[C@@H]1C[C@@]2(CN1C(=O)[C@@H](CC(=O)[C@@H](N)C1(C)CCCCC1)C1(C)CCOCC1)C(C)(C)C21CCC1)C(=O)NS(=O)(=O)N1CCCC1.C=C[C@@H]1C[C@]1(CC(=O)[C@@H]1C[C@@]2(CN1C(=O)[C@@H](CC(=O)[C@@H](NC(=O)OC(C)(C)C)C1(C)CCCCC1)C1(C)CCOCC1)C(C)(C)C21CCC1)C(=O)NS(=O)(=O)N1CCCC1. The standard InChI is InChI=1S/C46H72N4O9S.C41H64N4O7S/c1-9-31-27-44(31,38(54)48-60(56,57)49-22-13-14-23-49)29-35(52)33-28-46(41(5,6)45(46)18-15-19-45)30-50(33)37(53)32(42(7)20-24-58-25-21-42)26-34(51)36(43(8)16-11-10-12-17-43)47-39(55)59-40(2,3)4;1-6-28-24-39(28,35(49)43-53(50,51)44-19-10-11-20-44)26-32(47)30-25-41(36(2,3)40(41)15-12-16-40)27-45(30)34(48)29(37(4)17-21-52-22-18-37)23-31(46)33(42)38(5)13-8-7-9-14-38/h9,31-33,36H,1,10-30H2,2-8H3,(H,47,55)(H,48,54);6,28-30,33H,1,7-27,42H2,2-5H3,(H,43,49)/t31-,32-,33+,36-,44-,46-;28-,29-,30+,33-,39-,41-/m11/s1. The summed E-state index contributed by atoms with van der Waals surface area (Å²) in [5.74, 6) is -4.70. The molecule has 0 bridgehead atoms. The number of alkyl carbamates (subject to hydrolysis) is 1. The summed E-state index contributed by atoms with van der Waals surface area (Å²) in [5, 5.41) is 2.98. The van der Waals surface area contributed by atoms with Crippen molar-refractivity contribution in [2.45, 2.75) is 311 Å². The number of nitrogens with zero attached hydrogens (tertiary/aromatic N) is 4. The van der Waals surface area contributed by atoms with E-state index in [4.69, 9.17) is 19.9 Å². The first-order valence-electron chi connectivity index (χ1n) is 43.5. The molecule has 14 fully saturated rings. The Morgan fingerprint density at radius 1 is 0.478 bits per heavy atom. The predicted octanol–water partition coefficient (Wildman–Crippen LogP) is 11.7. The van der Waals surface area contributed by atoms with Crippen LogP contribution in [0.1, 0.15) is 282 Å². The highest BCUT2D eigenvalue weighted by atomic mass is 32.2. The van der Waals surface area contributed by atoms with Crippen LogP contribution in [0.2, 0.25) is 0 Å². The number of carbonyl (C=O) groups excluding carboxylic acids is 9. The van der Waals surface area contributed by atoms with Gasteiger partial charge in [0.15, 0.2) is 23.1 Å². The van der Waals surface area contributed by atoms with Crippen molar-refractivity contribution in [1.82, 2.24) is 33.2 Å². The van der Waals surface area contributed by atoms with Gasteiger partial charge in [0.2, 0.25) is 23.6 Å². The molecule has 6 saturated heterocycles. The number of ketones is 4. The summed E-state index contributed by atoms with van der Waals surface area (Å²) < 4.78 is 77.3. The lowest BCUT2D eigenvalue weighted by molar-refractivity contribution is -0.150. The number of likely N-dealkylation sites (tertiary alicyclic amines) is 2. The number of carbonyl (C=O) groups is 9. The van der Waals surface area contributed by atoms with E-state index in [1.807, 2.05) is 4.90 Å². The normalized spacial score (nSPS) is 33.6. The lowest BCUT2D eigenvalue weighted by Gasteiger charge is -2.44. The number of amides is 5. The molecular weight excluding hydrogens is 1480 g/mol. The minimum absolute atomic E-state index is 0.00155. The Morgan fingerprint density at radius 2 is 0.841 bits per heavy atom. The second-order valence-corrected chi connectivity index (χ2v) is 44.7. The monoisotopic (exact) mass is 1610 g/mol. The van der Waals surface area contributed by atoms with E-state index in [0.717, 1.165) is 128 Å². The average Bonchev–Trinajstić information content (AvgIpc) is 1.46. The Bertz CT molecular complexity index is 3980. The molecule has 113 heavy (non-hydrogen) atoms. The molecule has 632 valence electrons. The summed E-state index contributed by atoms with van der Waals surface area (Å²) in [4.78, 5) is 135. The van der Waals surface area contributed by atoms with Crippen LogP contribution in [0, 0.1) is 88.7 Å². The van der Waals surface area contributed by atoms with E-state index < -0.39 is 107 Å². The Labute approximate surface area is 673 Å². The van der Waals surface area contributed by atoms with Crippen molar-refractivity contribution >= 4 is 73.3 Å². The molecule has 24 nitrogen and oxygen atoms in total. The second kappa shape index (κ2) is 30.7. The van der Waals surface area contributed by atoms with Gasteiger partial charge in [0, 0.05) is 102 Å². The minimum Gasteiger partial charge on any atom is -0.444 e. The number of hydrogen-bond donors (Lipinski definition) is 4. The molecule has 14 rings (SSSR count). The maximum atomic E-state index is 15.7. The van der Waals surface area contributed by atoms with Gasteiger partial charge >= 0.3 is 26.5 Å². The largest absolute Gasteiger partial charge is 0.444 e. The molecule has 6 heterocycles. The topological polar surface area (TPSA) is 325 Å². The number of rotatable bonds is 27. The fourth-order valence-electron chi connectivity index (χ4n) is 25.3. The molecule has 0 aromatic carbocycles. The average molecular weight is 1610 g/mol. The maximum Gasteiger partial charge on any atom is 0.408 e. The van der Waals surface area contributed by atoms with Gasteiger partial charge in [-0.15, -0.1) is 13.2 Å². The number of ether oxygens (including phenoxy) is 3. The number of nitrogens with two attached hydrogens (primary N) is 1. The Hall–Kier alpha value is -4.99. The number of allylic oxidation sites excluding steroid dienone is 2. The molecule has 5 N–H and O–H groups in total. The molecule has 14 aliphatic rings. The van der Waals surface area contributed by atoms with Crippen LogP contribution in [0.15, 0.2) is 25.3 Å². The van der Waals surface area contributed by atoms with E-state index in [9.17, 15) is 45.6 Å². The second-order valence-electron chi connectivity index (χ2n) is 41.4. The first kappa shape index (κ1) is 85.9. The zero-order chi connectivity index (χ0) is 82.0. The van der Waals surface area contributed by atoms with Crippen LogP contribution in [-0.2, 0) is 73.0 Å². The summed E-state index contributed by atoms with van der Waals surface area (Å²) in [7, 11) is -8.12. The first-order chi connectivity index (χ1) is 52.9. The first-order valence-corrected chi connectivity index (χ1v) is 46.3. The summed E-state index contributed by atoms with van der Waals surface area (Å²) >= 11 is 0. The van der Waals surface area contributed by atoms with Gasteiger partial charge in [-0.05, 0) is 204 Å². The summed E-state index contributed by atoms with van der Waals surface area (Å²) in [6, 6.07) is -3.13. The molecule has 5 amide bonds. The number of Topliss-reactive ketones (excluding diaryl/α,β-unsaturated/α-hetero) is 4. The van der Waals surface area contributed by atoms with Crippen molar-refractivity contribution in [3.63, 3.8) is 0 Å². The van der Waals surface area contributed by atoms with Gasteiger partial charge in [0.05, 0.1) is 46.8 Å². The lowest BCUT2D eigenvalue weighted by Crippen LogP contribution is -2.55. The van der Waals surface area contributed by atoms with Crippen LogP contribution < -0.4 is 20.5 Å². The van der Waals surface area contributed by atoms with E-state index in [2.05, 4.69) is 83.3 Å². The third-order valence-corrected chi connectivity index (χ3v) is 37.0. The molecule has 8 aliphatic carbocycles. The molecule has 12 atom stereocenters. The molecule has 6 aliphatic heterocycles. The third kappa shape index (κ3) is 14.8. The number of hydrogen-bond acceptors (Lipinski definition) is 17. The highest BCUT2D eigenvalue weighted by molar-refractivity contribution is 7.88. The van der Waals surface area contributed by atoms with Crippen molar-refractivity contribution < 1.29 is 74.2 Å². The van der Waals surface area contributed by atoms with Crippen LogP contribution in [0.25, 0.3) is 0 Å². The fourth-order valence-corrected chi connectivity index (χ4v) is 28.0. The number of fused-ring (bicyclic) bond motifs is 2. The molecule has 8 saturated carbocycles. The van der Waals surface area contributed by atoms with Gasteiger partial charge in [-0.3, -0.25) is 38.4 Å². The van der Waals surface area contributed by atoms with Gasteiger partial charge in [-0.2, -0.15) is 25.4 Å². The molecule has 0 aromatic heterocycles. The third-order valence-electron chi connectivity index (χ3n) is 34.0. The smallest absolute Gasteiger partial charge is 0.408 e. The minimum atomic E-state index is -4.08. The van der Waals surface area contributed by atoms with Crippen molar-refractivity contribution in [2.75, 3.05) is 65.7 Å². The van der Waals surface area contributed by atoms with Crippen LogP contribution in [0.4, 0.5) is 4.79 Å². The van der Waals surface area contributed by atoms with Crippen LogP contribution in [-0.4, -0.2) is 184 Å². The van der Waals surface area contributed by atoms with Gasteiger partial charge in [-0.1, -0.05) is 119 Å². The summed E-state index contributed by atoms with van der Waals surface area (Å²) in [6.07, 6.45) is 24.9. The fraction of sp³-hybridized carbons (Fsp3) is 0.851. The quantitative estimate of drug-likeness (QED) is 0.0555. The van der Waals surface area contributed by atoms with Gasteiger partial charge in [-0.25, -0.2) is 14.2 Å². The summed E-state index contributed by atoms with van der Waals surface area (Å²) in [6.45, 7) is 34.7. The highest BCUT2D eigenvalue weighted by Crippen LogP contribution is 2.89. The Kier molecular flexibility index (Phi) is 23.3. The zero-order valence-electron chi connectivity index (χ0n) is 70.1. The van der Waals surface area contributed by atoms with Crippen molar-refractivity contribution in [3.05, 3.63) is 25.3 Å². The predicted molar refractivity (Wildman–Crippen MR) is 428 cm³/mol. The van der Waals surface area contributed by atoms with Crippen molar-refractivity contribution in [3.8, 4) is 0 Å². The molecular formula is C87H136N8O16S2. The Balaban J connectivity index is 0.000000199. The highest BCUT2D eigenvalue weighted by Gasteiger charge is 2.87. The van der Waals surface area contributed by atoms with Crippen LogP contribution in [0.3, 0.4) is 0 Å².